The van der Waals surface area contributed by atoms with Gasteiger partial charge < -0.3 is 19.3 Å². The average molecular weight is 294 g/mol. The molecule has 118 valence electrons. The van der Waals surface area contributed by atoms with Crippen LogP contribution >= 0.6 is 0 Å². The fourth-order valence-electron chi connectivity index (χ4n) is 3.31. The third kappa shape index (κ3) is 3.43. The molecule has 4 heteroatoms. The second-order valence-electron chi connectivity index (χ2n) is 5.94. The molecule has 0 spiro atoms. The van der Waals surface area contributed by atoms with Crippen LogP contribution in [0.5, 0.6) is 17.2 Å². The number of hydrogen-bond acceptors (Lipinski definition) is 4. The number of aliphatic hydroxyl groups is 1. The molecule has 0 radical (unpaired) electrons. The first kappa shape index (κ1) is 16.0. The summed E-state index contributed by atoms with van der Waals surface area (Å²) in [4.78, 5) is 0. The molecule has 3 unspecified atom stereocenters. The summed E-state index contributed by atoms with van der Waals surface area (Å²) in [7, 11) is 4.77. The number of hydrogen-bond donors (Lipinski definition) is 1. The zero-order valence-electron chi connectivity index (χ0n) is 13.4. The van der Waals surface area contributed by atoms with Crippen molar-refractivity contribution in [2.75, 3.05) is 21.3 Å². The summed E-state index contributed by atoms with van der Waals surface area (Å²) in [6.07, 6.45) is 4.10. The van der Waals surface area contributed by atoms with Gasteiger partial charge in [0.2, 0.25) is 5.75 Å². The average Bonchev–Trinajstić information content (AvgIpc) is 2.52. The van der Waals surface area contributed by atoms with Gasteiger partial charge in [-0.3, -0.25) is 0 Å². The van der Waals surface area contributed by atoms with Crippen LogP contribution in [0.3, 0.4) is 0 Å². The van der Waals surface area contributed by atoms with E-state index in [9.17, 15) is 5.11 Å². The third-order valence-electron chi connectivity index (χ3n) is 4.45. The van der Waals surface area contributed by atoms with Gasteiger partial charge in [-0.05, 0) is 42.4 Å². The molecule has 21 heavy (non-hydrogen) atoms. The summed E-state index contributed by atoms with van der Waals surface area (Å²) in [6, 6.07) is 3.70. The number of benzene rings is 1. The lowest BCUT2D eigenvalue weighted by atomic mass is 9.78. The molecule has 1 aliphatic rings. The SMILES string of the molecule is COc1cc(C(O)C2CCCC(C)C2)cc(OC)c1OC. The normalized spacial score (nSPS) is 23.5. The van der Waals surface area contributed by atoms with E-state index < -0.39 is 6.10 Å². The van der Waals surface area contributed by atoms with E-state index in [4.69, 9.17) is 14.2 Å². The van der Waals surface area contributed by atoms with Gasteiger partial charge in [-0.25, -0.2) is 0 Å². The molecule has 2 rings (SSSR count). The molecule has 4 nitrogen and oxygen atoms in total. The van der Waals surface area contributed by atoms with Crippen molar-refractivity contribution < 1.29 is 19.3 Å². The summed E-state index contributed by atoms with van der Waals surface area (Å²) in [5.74, 6) is 2.73. The van der Waals surface area contributed by atoms with Crippen molar-refractivity contribution in [2.24, 2.45) is 11.8 Å². The Kier molecular flexibility index (Phi) is 5.34. The maximum Gasteiger partial charge on any atom is 0.203 e. The van der Waals surface area contributed by atoms with Gasteiger partial charge >= 0.3 is 0 Å². The van der Waals surface area contributed by atoms with Crippen LogP contribution in [0.25, 0.3) is 0 Å². The maximum atomic E-state index is 10.7. The molecule has 0 aliphatic heterocycles. The molecule has 3 atom stereocenters. The molecule has 0 aromatic heterocycles. The Balaban J connectivity index is 2.30. The molecule has 1 aromatic carbocycles. The number of rotatable bonds is 5. The molecule has 1 aromatic rings. The Morgan fingerprint density at radius 3 is 2.14 bits per heavy atom. The summed E-state index contributed by atoms with van der Waals surface area (Å²) < 4.78 is 16.0. The van der Waals surface area contributed by atoms with Crippen LogP contribution in [0, 0.1) is 11.8 Å². The Morgan fingerprint density at radius 2 is 1.67 bits per heavy atom. The van der Waals surface area contributed by atoms with Crippen LogP contribution < -0.4 is 14.2 Å². The molecule has 1 saturated carbocycles. The van der Waals surface area contributed by atoms with E-state index in [1.807, 2.05) is 12.1 Å². The first-order chi connectivity index (χ1) is 10.1. The van der Waals surface area contributed by atoms with Crippen LogP contribution in [0.15, 0.2) is 12.1 Å². The van der Waals surface area contributed by atoms with Gasteiger partial charge in [0.05, 0.1) is 27.4 Å². The van der Waals surface area contributed by atoms with Crippen LogP contribution in [0.2, 0.25) is 0 Å². The smallest absolute Gasteiger partial charge is 0.203 e. The van der Waals surface area contributed by atoms with Crippen LogP contribution in [0.1, 0.15) is 44.3 Å². The zero-order valence-corrected chi connectivity index (χ0v) is 13.4. The fraction of sp³-hybridized carbons (Fsp3) is 0.647. The lowest BCUT2D eigenvalue weighted by Gasteiger charge is -2.31. The van der Waals surface area contributed by atoms with E-state index in [2.05, 4.69) is 6.92 Å². The summed E-state index contributed by atoms with van der Waals surface area (Å²) in [5.41, 5.74) is 0.837. The molecule has 0 bridgehead atoms. The van der Waals surface area contributed by atoms with Crippen LogP contribution in [-0.4, -0.2) is 26.4 Å². The highest BCUT2D eigenvalue weighted by molar-refractivity contribution is 5.54. The van der Waals surface area contributed by atoms with Gasteiger partial charge in [0, 0.05) is 0 Å². The minimum Gasteiger partial charge on any atom is -0.493 e. The highest BCUT2D eigenvalue weighted by Gasteiger charge is 2.28. The molecule has 0 amide bonds. The number of aliphatic hydroxyl groups excluding tert-OH is 1. The van der Waals surface area contributed by atoms with Gasteiger partial charge in [-0.15, -0.1) is 0 Å². The van der Waals surface area contributed by atoms with Crippen LogP contribution in [0.4, 0.5) is 0 Å². The van der Waals surface area contributed by atoms with Crippen molar-refractivity contribution in [3.63, 3.8) is 0 Å². The molecule has 1 aliphatic carbocycles. The van der Waals surface area contributed by atoms with Gasteiger partial charge in [-0.1, -0.05) is 19.8 Å². The van der Waals surface area contributed by atoms with Gasteiger partial charge in [0.25, 0.3) is 0 Å². The molecule has 1 fully saturated rings. The minimum atomic E-state index is -0.485. The Morgan fingerprint density at radius 1 is 1.05 bits per heavy atom. The zero-order chi connectivity index (χ0) is 15.4. The Labute approximate surface area is 127 Å². The molecule has 1 N–H and O–H groups in total. The monoisotopic (exact) mass is 294 g/mol. The minimum absolute atomic E-state index is 0.302. The van der Waals surface area contributed by atoms with E-state index in [1.54, 1.807) is 21.3 Å². The molecular weight excluding hydrogens is 268 g/mol. The van der Waals surface area contributed by atoms with Gasteiger partial charge in [0.15, 0.2) is 11.5 Å². The highest BCUT2D eigenvalue weighted by Crippen LogP contribution is 2.43. The van der Waals surface area contributed by atoms with Crippen molar-refractivity contribution >= 4 is 0 Å². The van der Waals surface area contributed by atoms with Crippen molar-refractivity contribution in [2.45, 2.75) is 38.7 Å². The summed E-state index contributed by atoms with van der Waals surface area (Å²) in [5, 5.41) is 10.7. The van der Waals surface area contributed by atoms with Gasteiger partial charge in [-0.2, -0.15) is 0 Å². The molecular formula is C17H26O4. The predicted molar refractivity (Wildman–Crippen MR) is 82.2 cm³/mol. The van der Waals surface area contributed by atoms with E-state index in [0.29, 0.717) is 29.1 Å². The van der Waals surface area contributed by atoms with Crippen molar-refractivity contribution in [3.05, 3.63) is 17.7 Å². The number of methoxy groups -OCH3 is 3. The predicted octanol–water partition coefficient (Wildman–Crippen LogP) is 3.57. The number of ether oxygens (including phenoxy) is 3. The maximum absolute atomic E-state index is 10.7. The lowest BCUT2D eigenvalue weighted by Crippen LogP contribution is -2.20. The standard InChI is InChI=1S/C17H26O4/c1-11-6-5-7-12(8-11)16(18)13-9-14(19-2)17(21-4)15(10-13)20-3/h9-12,16,18H,5-8H2,1-4H3. The fourth-order valence-corrected chi connectivity index (χ4v) is 3.31. The lowest BCUT2D eigenvalue weighted by molar-refractivity contribution is 0.0709. The van der Waals surface area contributed by atoms with E-state index in [-0.39, 0.29) is 0 Å². The first-order valence-electron chi connectivity index (χ1n) is 7.58. The van der Waals surface area contributed by atoms with Crippen molar-refractivity contribution in [3.8, 4) is 17.2 Å². The highest BCUT2D eigenvalue weighted by atomic mass is 16.5. The van der Waals surface area contributed by atoms with Crippen molar-refractivity contribution in [1.82, 2.24) is 0 Å². The van der Waals surface area contributed by atoms with Crippen molar-refractivity contribution in [1.29, 1.82) is 0 Å². The summed E-state index contributed by atoms with van der Waals surface area (Å²) >= 11 is 0. The third-order valence-corrected chi connectivity index (χ3v) is 4.45. The van der Waals surface area contributed by atoms with Crippen LogP contribution in [-0.2, 0) is 0 Å². The second-order valence-corrected chi connectivity index (χ2v) is 5.94. The van der Waals surface area contributed by atoms with E-state index in [1.165, 1.54) is 12.8 Å². The van der Waals surface area contributed by atoms with E-state index >= 15 is 0 Å². The topological polar surface area (TPSA) is 47.9 Å². The molecule has 0 heterocycles. The van der Waals surface area contributed by atoms with Gasteiger partial charge in [0.1, 0.15) is 0 Å². The first-order valence-corrected chi connectivity index (χ1v) is 7.58. The molecule has 0 saturated heterocycles. The Bertz CT molecular complexity index is 447. The largest absolute Gasteiger partial charge is 0.493 e. The summed E-state index contributed by atoms with van der Waals surface area (Å²) in [6.45, 7) is 2.26. The Hall–Kier alpha value is -1.42. The second kappa shape index (κ2) is 7.03. The van der Waals surface area contributed by atoms with E-state index in [0.717, 1.165) is 18.4 Å². The quantitative estimate of drug-likeness (QED) is 0.902.